The number of nitrogens with zero attached hydrogens (tertiary/aromatic N) is 2. The van der Waals surface area contributed by atoms with E-state index < -0.39 is 5.60 Å². The van der Waals surface area contributed by atoms with E-state index in [-0.39, 0.29) is 6.09 Å². The summed E-state index contributed by atoms with van der Waals surface area (Å²) in [7, 11) is 1.90. The van der Waals surface area contributed by atoms with Crippen molar-refractivity contribution in [2.24, 2.45) is 0 Å². The molecule has 0 saturated heterocycles. The van der Waals surface area contributed by atoms with Gasteiger partial charge in [0.2, 0.25) is 0 Å². The molecular weight excluding hydrogens is 168 g/mol. The summed E-state index contributed by atoms with van der Waals surface area (Å²) >= 11 is 0. The van der Waals surface area contributed by atoms with Gasteiger partial charge in [0, 0.05) is 19.4 Å². The van der Waals surface area contributed by atoms with Gasteiger partial charge >= 0.3 is 6.09 Å². The Morgan fingerprint density at radius 1 is 1.38 bits per heavy atom. The summed E-state index contributed by atoms with van der Waals surface area (Å²) in [5.41, 5.74) is -0.425. The summed E-state index contributed by atoms with van der Waals surface area (Å²) in [6.07, 6.45) is 3.26. The molecule has 0 radical (unpaired) electrons. The predicted octanol–water partition coefficient (Wildman–Crippen LogP) is 1.60. The van der Waals surface area contributed by atoms with Crippen molar-refractivity contribution in [2.45, 2.75) is 26.4 Å². The molecule has 0 aromatic carbocycles. The van der Waals surface area contributed by atoms with Crippen molar-refractivity contribution >= 4 is 6.09 Å². The van der Waals surface area contributed by atoms with Crippen LogP contribution >= 0.6 is 0 Å². The fourth-order valence-electron chi connectivity index (χ4n) is 0.968. The van der Waals surface area contributed by atoms with Crippen LogP contribution in [0, 0.1) is 0 Å². The van der Waals surface area contributed by atoms with Crippen LogP contribution in [-0.2, 0) is 4.74 Å². The molecule has 1 heterocycles. The summed E-state index contributed by atoms with van der Waals surface area (Å²) in [6.45, 7) is 6.13. The molecule has 0 aliphatic carbocycles. The molecule has 74 valence electrons. The van der Waals surface area contributed by atoms with Crippen LogP contribution < -0.4 is 0 Å². The molecule has 4 nitrogen and oxygen atoms in total. The van der Waals surface area contributed by atoms with Crippen molar-refractivity contribution in [1.82, 2.24) is 9.80 Å². The molecule has 0 spiro atoms. The Hall–Kier alpha value is -1.19. The second-order valence-electron chi connectivity index (χ2n) is 4.15. The number of rotatable bonds is 0. The number of carbonyl (C=O) groups excluding carboxylic acids is 1. The SMILES string of the molecule is CN1C=CN(C(=O)OC(C)(C)C)C1. The summed E-state index contributed by atoms with van der Waals surface area (Å²) in [5.74, 6) is 0. The molecule has 0 atom stereocenters. The average Bonchev–Trinajstić information content (AvgIpc) is 2.31. The lowest BCUT2D eigenvalue weighted by atomic mass is 10.2. The van der Waals surface area contributed by atoms with E-state index in [9.17, 15) is 4.79 Å². The Kier molecular flexibility index (Phi) is 2.50. The van der Waals surface area contributed by atoms with E-state index in [0.29, 0.717) is 6.67 Å². The largest absolute Gasteiger partial charge is 0.443 e. The van der Waals surface area contributed by atoms with E-state index in [2.05, 4.69) is 0 Å². The minimum absolute atomic E-state index is 0.298. The molecule has 0 fully saturated rings. The summed E-state index contributed by atoms with van der Waals surface area (Å²) < 4.78 is 5.18. The maximum atomic E-state index is 11.4. The Bertz CT molecular complexity index is 230. The van der Waals surface area contributed by atoms with Gasteiger partial charge in [-0.3, -0.25) is 4.90 Å². The molecule has 0 N–H and O–H groups in total. The number of hydrogen-bond donors (Lipinski definition) is 0. The quantitative estimate of drug-likeness (QED) is 0.573. The van der Waals surface area contributed by atoms with Crippen LogP contribution in [0.3, 0.4) is 0 Å². The molecule has 0 aromatic rings. The van der Waals surface area contributed by atoms with Gasteiger partial charge in [-0.05, 0) is 20.8 Å². The minimum Gasteiger partial charge on any atom is -0.443 e. The van der Waals surface area contributed by atoms with E-state index in [0.717, 1.165) is 0 Å². The number of hydrogen-bond acceptors (Lipinski definition) is 3. The minimum atomic E-state index is -0.425. The lowest BCUT2D eigenvalue weighted by Crippen LogP contribution is -2.34. The third kappa shape index (κ3) is 2.97. The molecule has 1 rings (SSSR count). The van der Waals surface area contributed by atoms with Gasteiger partial charge in [-0.15, -0.1) is 0 Å². The van der Waals surface area contributed by atoms with Crippen LogP contribution in [0.2, 0.25) is 0 Å². The van der Waals surface area contributed by atoms with E-state index in [1.165, 1.54) is 4.90 Å². The first kappa shape index (κ1) is 9.89. The van der Waals surface area contributed by atoms with Crippen LogP contribution in [-0.4, -0.2) is 35.2 Å². The number of ether oxygens (including phenoxy) is 1. The molecule has 0 unspecified atom stereocenters. The van der Waals surface area contributed by atoms with Gasteiger partial charge in [-0.25, -0.2) is 4.79 Å². The monoisotopic (exact) mass is 184 g/mol. The fourth-order valence-corrected chi connectivity index (χ4v) is 0.968. The van der Waals surface area contributed by atoms with Crippen LogP contribution in [0.4, 0.5) is 4.79 Å². The van der Waals surface area contributed by atoms with E-state index >= 15 is 0 Å². The summed E-state index contributed by atoms with van der Waals surface area (Å²) in [5, 5.41) is 0. The van der Waals surface area contributed by atoms with Gasteiger partial charge in [-0.1, -0.05) is 0 Å². The second-order valence-corrected chi connectivity index (χ2v) is 4.15. The van der Waals surface area contributed by atoms with Crippen molar-refractivity contribution in [1.29, 1.82) is 0 Å². The van der Waals surface area contributed by atoms with Gasteiger partial charge in [0.25, 0.3) is 0 Å². The summed E-state index contributed by atoms with van der Waals surface area (Å²) in [4.78, 5) is 14.9. The molecule has 1 amide bonds. The number of amides is 1. The third-order valence-corrected chi connectivity index (χ3v) is 1.50. The lowest BCUT2D eigenvalue weighted by molar-refractivity contribution is 0.0314. The Balaban J connectivity index is 2.46. The van der Waals surface area contributed by atoms with E-state index in [1.54, 1.807) is 6.20 Å². The van der Waals surface area contributed by atoms with Gasteiger partial charge in [0.1, 0.15) is 5.60 Å². The van der Waals surface area contributed by atoms with Gasteiger partial charge in [0.15, 0.2) is 0 Å². The van der Waals surface area contributed by atoms with Crippen molar-refractivity contribution in [3.63, 3.8) is 0 Å². The zero-order valence-electron chi connectivity index (χ0n) is 8.57. The van der Waals surface area contributed by atoms with Gasteiger partial charge < -0.3 is 9.64 Å². The van der Waals surface area contributed by atoms with E-state index in [4.69, 9.17) is 4.74 Å². The normalized spacial score (nSPS) is 16.6. The molecular formula is C9H16N2O2. The van der Waals surface area contributed by atoms with Crippen LogP contribution in [0.15, 0.2) is 12.4 Å². The highest BCUT2D eigenvalue weighted by molar-refractivity contribution is 5.69. The second kappa shape index (κ2) is 3.28. The molecule has 1 aliphatic heterocycles. The Morgan fingerprint density at radius 2 is 2.00 bits per heavy atom. The summed E-state index contributed by atoms with van der Waals surface area (Å²) in [6, 6.07) is 0. The maximum absolute atomic E-state index is 11.4. The Labute approximate surface area is 78.8 Å². The van der Waals surface area contributed by atoms with E-state index in [1.807, 2.05) is 38.9 Å². The smallest absolute Gasteiger partial charge is 0.415 e. The molecule has 0 saturated carbocycles. The Morgan fingerprint density at radius 3 is 2.38 bits per heavy atom. The van der Waals surface area contributed by atoms with Crippen LogP contribution in [0.5, 0.6) is 0 Å². The maximum Gasteiger partial charge on any atom is 0.415 e. The molecule has 4 heteroatoms. The third-order valence-electron chi connectivity index (χ3n) is 1.50. The first-order valence-electron chi connectivity index (χ1n) is 4.27. The number of carbonyl (C=O) groups is 1. The van der Waals surface area contributed by atoms with Gasteiger partial charge in [-0.2, -0.15) is 0 Å². The van der Waals surface area contributed by atoms with Crippen LogP contribution in [0.25, 0.3) is 0 Å². The predicted molar refractivity (Wildman–Crippen MR) is 49.8 cm³/mol. The highest BCUT2D eigenvalue weighted by atomic mass is 16.6. The molecule has 0 aromatic heterocycles. The molecule has 13 heavy (non-hydrogen) atoms. The zero-order valence-corrected chi connectivity index (χ0v) is 8.57. The van der Waals surface area contributed by atoms with Crippen LogP contribution in [0.1, 0.15) is 20.8 Å². The topological polar surface area (TPSA) is 32.8 Å². The lowest BCUT2D eigenvalue weighted by Gasteiger charge is -2.23. The van der Waals surface area contributed by atoms with Crippen molar-refractivity contribution in [3.8, 4) is 0 Å². The molecule has 0 bridgehead atoms. The van der Waals surface area contributed by atoms with Crippen molar-refractivity contribution < 1.29 is 9.53 Å². The molecule has 1 aliphatic rings. The first-order chi connectivity index (χ1) is 5.88. The van der Waals surface area contributed by atoms with Crippen molar-refractivity contribution in [3.05, 3.63) is 12.4 Å². The average molecular weight is 184 g/mol. The van der Waals surface area contributed by atoms with Crippen molar-refractivity contribution in [2.75, 3.05) is 13.7 Å². The van der Waals surface area contributed by atoms with Gasteiger partial charge in [0.05, 0.1) is 6.67 Å². The highest BCUT2D eigenvalue weighted by Crippen LogP contribution is 2.12. The highest BCUT2D eigenvalue weighted by Gasteiger charge is 2.23. The first-order valence-corrected chi connectivity index (χ1v) is 4.27. The fraction of sp³-hybridized carbons (Fsp3) is 0.667. The standard InChI is InChI=1S/C9H16N2O2/c1-9(2,3)13-8(12)11-6-5-10(4)7-11/h5-6H,7H2,1-4H3. The zero-order chi connectivity index (χ0) is 10.1.